The maximum Gasteiger partial charge on any atom is 0.472 e. The Labute approximate surface area is 600 Å². The smallest absolute Gasteiger partial charge is 0.462 e. The minimum absolute atomic E-state index is 0.105. The Bertz CT molecular complexity index is 1890. The minimum Gasteiger partial charge on any atom is -0.462 e. The van der Waals surface area contributed by atoms with Crippen LogP contribution in [0.1, 0.15) is 414 Å². The van der Waals surface area contributed by atoms with Crippen LogP contribution in [0.15, 0.2) is 0 Å². The molecule has 0 bridgehead atoms. The van der Waals surface area contributed by atoms with Crippen molar-refractivity contribution in [2.45, 2.75) is 432 Å². The first kappa shape index (κ1) is 96.1. The van der Waals surface area contributed by atoms with E-state index in [1.54, 1.807) is 0 Å². The Morgan fingerprint density at radius 2 is 0.490 bits per heavy atom. The molecule has 0 aromatic heterocycles. The van der Waals surface area contributed by atoms with Crippen molar-refractivity contribution < 1.29 is 80.2 Å². The minimum atomic E-state index is -4.96. The van der Waals surface area contributed by atoms with Crippen molar-refractivity contribution in [2.24, 2.45) is 11.8 Å². The summed E-state index contributed by atoms with van der Waals surface area (Å²) in [5.74, 6) is -0.473. The van der Waals surface area contributed by atoms with Crippen LogP contribution in [0.5, 0.6) is 0 Å². The van der Waals surface area contributed by atoms with Crippen LogP contribution >= 0.6 is 15.6 Å². The van der Waals surface area contributed by atoms with Crippen LogP contribution in [0.4, 0.5) is 0 Å². The fourth-order valence-corrected chi connectivity index (χ4v) is 13.7. The zero-order chi connectivity index (χ0) is 72.1. The van der Waals surface area contributed by atoms with Crippen molar-refractivity contribution in [1.29, 1.82) is 0 Å². The quantitative estimate of drug-likeness (QED) is 0.0222. The molecule has 582 valence electrons. The normalized spacial score (nSPS) is 14.5. The second-order valence-electron chi connectivity index (χ2n) is 28.9. The highest BCUT2D eigenvalue weighted by atomic mass is 31.2. The van der Waals surface area contributed by atoms with Gasteiger partial charge in [-0.3, -0.25) is 37.3 Å². The first-order valence-electron chi connectivity index (χ1n) is 41.1. The Morgan fingerprint density at radius 1 is 0.286 bits per heavy atom. The van der Waals surface area contributed by atoms with Crippen molar-refractivity contribution in [1.82, 2.24) is 0 Å². The summed E-state index contributed by atoms with van der Waals surface area (Å²) in [5.41, 5.74) is 0. The highest BCUT2D eigenvalue weighted by Gasteiger charge is 2.30. The van der Waals surface area contributed by atoms with Crippen molar-refractivity contribution in [3.63, 3.8) is 0 Å². The molecule has 0 spiro atoms. The Balaban J connectivity index is 5.19. The van der Waals surface area contributed by atoms with Crippen LogP contribution in [0.3, 0.4) is 0 Å². The number of aliphatic hydroxyl groups is 1. The van der Waals surface area contributed by atoms with E-state index < -0.39 is 97.5 Å². The van der Waals surface area contributed by atoms with Gasteiger partial charge in [-0.15, -0.1) is 0 Å². The highest BCUT2D eigenvalue weighted by molar-refractivity contribution is 7.47. The monoisotopic (exact) mass is 1440 g/mol. The van der Waals surface area contributed by atoms with Crippen LogP contribution in [-0.2, 0) is 65.4 Å². The summed E-state index contributed by atoms with van der Waals surface area (Å²) in [6.45, 7) is 9.66. The molecule has 0 aliphatic heterocycles. The van der Waals surface area contributed by atoms with E-state index in [4.69, 9.17) is 37.0 Å². The van der Waals surface area contributed by atoms with Gasteiger partial charge in [0.05, 0.1) is 26.4 Å². The van der Waals surface area contributed by atoms with Crippen molar-refractivity contribution in [3.8, 4) is 0 Å². The molecule has 0 rings (SSSR count). The number of aliphatic hydroxyl groups excluding tert-OH is 1. The van der Waals surface area contributed by atoms with E-state index in [1.807, 2.05) is 0 Å². The van der Waals surface area contributed by atoms with E-state index in [1.165, 1.54) is 231 Å². The Morgan fingerprint density at radius 3 is 0.724 bits per heavy atom. The van der Waals surface area contributed by atoms with E-state index in [9.17, 15) is 43.2 Å². The van der Waals surface area contributed by atoms with Gasteiger partial charge in [0.15, 0.2) is 12.2 Å². The molecule has 7 atom stereocenters. The number of hydrogen-bond acceptors (Lipinski definition) is 15. The zero-order valence-corrected chi connectivity index (χ0v) is 65.9. The first-order valence-corrected chi connectivity index (χ1v) is 44.1. The molecule has 98 heavy (non-hydrogen) atoms. The number of esters is 4. The maximum absolute atomic E-state index is 13.1. The van der Waals surface area contributed by atoms with Gasteiger partial charge in [-0.1, -0.05) is 363 Å². The predicted molar refractivity (Wildman–Crippen MR) is 400 cm³/mol. The van der Waals surface area contributed by atoms with Crippen LogP contribution in [0.25, 0.3) is 0 Å². The molecule has 0 radical (unpaired) electrons. The lowest BCUT2D eigenvalue weighted by Crippen LogP contribution is -2.30. The molecule has 19 heteroatoms. The largest absolute Gasteiger partial charge is 0.472 e. The van der Waals surface area contributed by atoms with Crippen LogP contribution in [0, 0.1) is 11.8 Å². The summed E-state index contributed by atoms with van der Waals surface area (Å²) in [6, 6.07) is 0. The number of rotatable bonds is 78. The van der Waals surface area contributed by atoms with Gasteiger partial charge >= 0.3 is 39.5 Å². The SMILES string of the molecule is CCCCCCCCCCCCCCCCCC(=O)OC[C@H](COP(=O)(O)OC[C@@H](O)COP(=O)(O)OC[C@@H](COC(=O)CCCCCCCCCCC)OC(=O)CCCCCCCCCCC(C)CC)OC(=O)CCCCCCCCCCCCCCCCCCCCC(C)CC. The number of phosphoric acid groups is 2. The lowest BCUT2D eigenvalue weighted by atomic mass is 9.99. The third kappa shape index (κ3) is 69.8. The molecule has 0 fully saturated rings. The van der Waals surface area contributed by atoms with Crippen molar-refractivity contribution >= 4 is 39.5 Å². The highest BCUT2D eigenvalue weighted by Crippen LogP contribution is 2.45. The number of ether oxygens (including phenoxy) is 4. The lowest BCUT2D eigenvalue weighted by molar-refractivity contribution is -0.161. The fourth-order valence-electron chi connectivity index (χ4n) is 12.1. The summed E-state index contributed by atoms with van der Waals surface area (Å²) >= 11 is 0. The summed E-state index contributed by atoms with van der Waals surface area (Å²) in [4.78, 5) is 72.8. The molecule has 17 nitrogen and oxygen atoms in total. The molecule has 0 aliphatic rings. The summed E-state index contributed by atoms with van der Waals surface area (Å²) in [5, 5.41) is 10.6. The van der Waals surface area contributed by atoms with Crippen LogP contribution in [0.2, 0.25) is 0 Å². The molecule has 4 unspecified atom stereocenters. The number of carbonyl (C=O) groups excluding carboxylic acids is 4. The number of carbonyl (C=O) groups is 4. The number of phosphoric ester groups is 2. The number of unbranched alkanes of at least 4 members (excludes halogenated alkanes) is 46. The third-order valence-corrected chi connectivity index (χ3v) is 21.1. The average molecular weight is 1440 g/mol. The molecule has 0 aliphatic carbocycles. The topological polar surface area (TPSA) is 237 Å². The summed E-state index contributed by atoms with van der Waals surface area (Å²) in [7, 11) is -9.91. The lowest BCUT2D eigenvalue weighted by Gasteiger charge is -2.21. The van der Waals surface area contributed by atoms with Gasteiger partial charge < -0.3 is 33.8 Å². The van der Waals surface area contributed by atoms with Gasteiger partial charge in [-0.2, -0.15) is 0 Å². The number of hydrogen-bond donors (Lipinski definition) is 3. The van der Waals surface area contributed by atoms with E-state index in [2.05, 4.69) is 41.5 Å². The molecule has 0 amide bonds. The van der Waals surface area contributed by atoms with Gasteiger partial charge in [-0.05, 0) is 37.5 Å². The van der Waals surface area contributed by atoms with E-state index in [-0.39, 0.29) is 25.7 Å². The second-order valence-corrected chi connectivity index (χ2v) is 31.8. The standard InChI is InChI=1S/C79H154O17P2/c1-7-11-13-15-17-19-20-21-26-30-33-37-44-50-56-62-77(82)90-68-74(95-78(83)63-57-51-45-38-34-31-28-25-23-22-24-27-29-32-36-41-47-53-59-71(5)9-3)69-93-97(85,86)91-65-73(80)66-92-98(87,88)94-70-75(67-89-76(81)61-55-49-43-35-18-16-14-12-8-2)96-79(84)64-58-52-46-40-39-42-48-54-60-72(6)10-4/h71-75,80H,7-70H2,1-6H3,(H,85,86)(H,87,88)/t71?,72?,73-,74-,75-/m1/s1. The van der Waals surface area contributed by atoms with Gasteiger partial charge in [0.2, 0.25) is 0 Å². The van der Waals surface area contributed by atoms with E-state index >= 15 is 0 Å². The fraction of sp³-hybridized carbons (Fsp3) is 0.949. The molecule has 0 aromatic rings. The van der Waals surface area contributed by atoms with E-state index in [0.717, 1.165) is 102 Å². The van der Waals surface area contributed by atoms with Gasteiger partial charge in [-0.25, -0.2) is 9.13 Å². The van der Waals surface area contributed by atoms with Crippen LogP contribution < -0.4 is 0 Å². The summed E-state index contributed by atoms with van der Waals surface area (Å²) in [6.07, 6.45) is 59.6. The molecule has 0 heterocycles. The molecule has 3 N–H and O–H groups in total. The van der Waals surface area contributed by atoms with Gasteiger partial charge in [0, 0.05) is 25.7 Å². The second kappa shape index (κ2) is 70.7. The zero-order valence-electron chi connectivity index (χ0n) is 64.1. The maximum atomic E-state index is 13.1. The Kier molecular flexibility index (Phi) is 69.3. The Hall–Kier alpha value is -1.94. The molecule has 0 saturated carbocycles. The molecule has 0 saturated heterocycles. The molecular formula is C79H154O17P2. The molecular weight excluding hydrogens is 1280 g/mol. The third-order valence-electron chi connectivity index (χ3n) is 19.2. The molecule has 0 aromatic carbocycles. The van der Waals surface area contributed by atoms with Crippen LogP contribution in [-0.4, -0.2) is 96.7 Å². The van der Waals surface area contributed by atoms with Gasteiger partial charge in [0.1, 0.15) is 19.3 Å². The van der Waals surface area contributed by atoms with E-state index in [0.29, 0.717) is 25.7 Å². The average Bonchev–Trinajstić information content (AvgIpc) is 1.02. The van der Waals surface area contributed by atoms with Crippen molar-refractivity contribution in [2.75, 3.05) is 39.6 Å². The van der Waals surface area contributed by atoms with Gasteiger partial charge in [0.25, 0.3) is 0 Å². The van der Waals surface area contributed by atoms with Crippen molar-refractivity contribution in [3.05, 3.63) is 0 Å². The summed E-state index contributed by atoms with van der Waals surface area (Å²) < 4.78 is 68.6. The first-order chi connectivity index (χ1) is 47.4. The predicted octanol–water partition coefficient (Wildman–Crippen LogP) is 23.5.